The number of methoxy groups -OCH3 is 1. The standard InChI is InChI=1S/C14H22O2/c1-4-5-6-7-10-13(15)14(16-3)11-8-9-12(14)2/h8-9,11H,4-7,10H2,1-3H3. The lowest BCUT2D eigenvalue weighted by atomic mass is 9.89. The summed E-state index contributed by atoms with van der Waals surface area (Å²) >= 11 is 0. The van der Waals surface area contributed by atoms with Gasteiger partial charge in [-0.15, -0.1) is 0 Å². The molecule has 0 N–H and O–H groups in total. The molecule has 0 spiro atoms. The zero-order valence-electron chi connectivity index (χ0n) is 10.6. The fourth-order valence-electron chi connectivity index (χ4n) is 2.14. The Labute approximate surface area is 98.4 Å². The molecule has 90 valence electrons. The number of carbonyl (C=O) groups excluding carboxylic acids is 1. The summed E-state index contributed by atoms with van der Waals surface area (Å²) in [4.78, 5) is 12.2. The summed E-state index contributed by atoms with van der Waals surface area (Å²) in [6, 6.07) is 0. The van der Waals surface area contributed by atoms with Crippen LogP contribution in [0.1, 0.15) is 46.0 Å². The highest BCUT2D eigenvalue weighted by molar-refractivity contribution is 5.93. The maximum absolute atomic E-state index is 12.2. The van der Waals surface area contributed by atoms with Crippen LogP contribution in [0.5, 0.6) is 0 Å². The van der Waals surface area contributed by atoms with Gasteiger partial charge in [-0.3, -0.25) is 4.79 Å². The third kappa shape index (κ3) is 2.62. The molecule has 16 heavy (non-hydrogen) atoms. The zero-order chi connectivity index (χ0) is 12.0. The van der Waals surface area contributed by atoms with Gasteiger partial charge in [0.05, 0.1) is 0 Å². The fourth-order valence-corrected chi connectivity index (χ4v) is 2.14. The molecule has 1 unspecified atom stereocenters. The number of allylic oxidation sites excluding steroid dienone is 2. The molecule has 0 amide bonds. The largest absolute Gasteiger partial charge is 0.362 e. The van der Waals surface area contributed by atoms with E-state index < -0.39 is 5.60 Å². The lowest BCUT2D eigenvalue weighted by Crippen LogP contribution is -2.38. The molecule has 0 heterocycles. The summed E-state index contributed by atoms with van der Waals surface area (Å²) in [6.45, 7) is 4.12. The topological polar surface area (TPSA) is 26.3 Å². The Morgan fingerprint density at radius 3 is 2.62 bits per heavy atom. The minimum absolute atomic E-state index is 0.189. The number of ketones is 1. The molecule has 0 aliphatic heterocycles. The Hall–Kier alpha value is -0.890. The second-order valence-corrected chi connectivity index (χ2v) is 4.38. The normalized spacial score (nSPS) is 23.6. The van der Waals surface area contributed by atoms with Crippen molar-refractivity contribution >= 4 is 5.78 Å². The SMILES string of the molecule is CCCCCCC(=O)C1(OC)C=CC=C1C. The molecule has 0 aromatic carbocycles. The molecule has 0 radical (unpaired) electrons. The van der Waals surface area contributed by atoms with Crippen LogP contribution < -0.4 is 0 Å². The van der Waals surface area contributed by atoms with E-state index in [0.29, 0.717) is 6.42 Å². The Morgan fingerprint density at radius 1 is 1.38 bits per heavy atom. The summed E-state index contributed by atoms with van der Waals surface area (Å²) < 4.78 is 5.43. The zero-order valence-corrected chi connectivity index (χ0v) is 10.6. The minimum Gasteiger partial charge on any atom is -0.362 e. The van der Waals surface area contributed by atoms with Gasteiger partial charge in [-0.2, -0.15) is 0 Å². The van der Waals surface area contributed by atoms with Crippen LogP contribution in [0.3, 0.4) is 0 Å². The number of hydrogen-bond acceptors (Lipinski definition) is 2. The van der Waals surface area contributed by atoms with E-state index in [1.165, 1.54) is 12.8 Å². The summed E-state index contributed by atoms with van der Waals surface area (Å²) in [5.74, 6) is 0.189. The molecule has 2 nitrogen and oxygen atoms in total. The second-order valence-electron chi connectivity index (χ2n) is 4.38. The van der Waals surface area contributed by atoms with Crippen LogP contribution in [0, 0.1) is 0 Å². The maximum atomic E-state index is 12.2. The molecule has 0 saturated heterocycles. The highest BCUT2D eigenvalue weighted by atomic mass is 16.5. The van der Waals surface area contributed by atoms with Crippen LogP contribution >= 0.6 is 0 Å². The van der Waals surface area contributed by atoms with Gasteiger partial charge >= 0.3 is 0 Å². The summed E-state index contributed by atoms with van der Waals surface area (Å²) in [6.07, 6.45) is 10.8. The van der Waals surface area contributed by atoms with Gasteiger partial charge in [0.1, 0.15) is 0 Å². The van der Waals surface area contributed by atoms with E-state index in [4.69, 9.17) is 4.74 Å². The van der Waals surface area contributed by atoms with E-state index in [2.05, 4.69) is 6.92 Å². The monoisotopic (exact) mass is 222 g/mol. The molecule has 0 bridgehead atoms. The lowest BCUT2D eigenvalue weighted by molar-refractivity contribution is -0.132. The first kappa shape index (κ1) is 13.2. The average molecular weight is 222 g/mol. The van der Waals surface area contributed by atoms with Crippen molar-refractivity contribution in [3.63, 3.8) is 0 Å². The van der Waals surface area contributed by atoms with Gasteiger partial charge in [0.15, 0.2) is 11.4 Å². The van der Waals surface area contributed by atoms with Crippen molar-refractivity contribution in [2.75, 3.05) is 7.11 Å². The number of carbonyl (C=O) groups is 1. The number of ether oxygens (including phenoxy) is 1. The Balaban J connectivity index is 2.51. The Bertz CT molecular complexity index is 302. The first-order valence-corrected chi connectivity index (χ1v) is 6.12. The lowest BCUT2D eigenvalue weighted by Gasteiger charge is -2.26. The molecular formula is C14H22O2. The van der Waals surface area contributed by atoms with E-state index in [0.717, 1.165) is 18.4 Å². The maximum Gasteiger partial charge on any atom is 0.172 e. The molecule has 0 saturated carbocycles. The number of Topliss-reactive ketones (excluding diaryl/α,β-unsaturated/α-hetero) is 1. The van der Waals surface area contributed by atoms with Crippen LogP contribution in [0.15, 0.2) is 23.8 Å². The van der Waals surface area contributed by atoms with Gasteiger partial charge in [0.25, 0.3) is 0 Å². The summed E-state index contributed by atoms with van der Waals surface area (Å²) in [5, 5.41) is 0. The average Bonchev–Trinajstić information content (AvgIpc) is 2.67. The van der Waals surface area contributed by atoms with E-state index in [-0.39, 0.29) is 5.78 Å². The van der Waals surface area contributed by atoms with E-state index in [1.54, 1.807) is 7.11 Å². The molecule has 0 aromatic rings. The number of unbranched alkanes of at least 4 members (excludes halogenated alkanes) is 3. The van der Waals surface area contributed by atoms with Crippen LogP contribution in [0.4, 0.5) is 0 Å². The highest BCUT2D eigenvalue weighted by Gasteiger charge is 2.38. The molecule has 1 aliphatic rings. The van der Waals surface area contributed by atoms with E-state index >= 15 is 0 Å². The molecule has 2 heteroatoms. The molecule has 0 aromatic heterocycles. The van der Waals surface area contributed by atoms with Crippen molar-refractivity contribution in [2.24, 2.45) is 0 Å². The summed E-state index contributed by atoms with van der Waals surface area (Å²) in [5.41, 5.74) is 0.238. The molecule has 0 fully saturated rings. The van der Waals surface area contributed by atoms with Gasteiger partial charge in [-0.05, 0) is 25.0 Å². The Kier molecular flexibility index (Phi) is 4.94. The quantitative estimate of drug-likeness (QED) is 0.617. The van der Waals surface area contributed by atoms with Crippen molar-refractivity contribution in [1.29, 1.82) is 0 Å². The van der Waals surface area contributed by atoms with Crippen molar-refractivity contribution in [2.45, 2.75) is 51.6 Å². The van der Waals surface area contributed by atoms with Gasteiger partial charge in [0.2, 0.25) is 0 Å². The van der Waals surface area contributed by atoms with Gasteiger partial charge in [-0.25, -0.2) is 0 Å². The predicted molar refractivity (Wildman–Crippen MR) is 66.4 cm³/mol. The van der Waals surface area contributed by atoms with E-state index in [9.17, 15) is 4.79 Å². The van der Waals surface area contributed by atoms with Gasteiger partial charge < -0.3 is 4.74 Å². The van der Waals surface area contributed by atoms with Crippen molar-refractivity contribution in [3.05, 3.63) is 23.8 Å². The number of rotatable bonds is 7. The van der Waals surface area contributed by atoms with Crippen molar-refractivity contribution in [3.8, 4) is 0 Å². The number of hydrogen-bond donors (Lipinski definition) is 0. The first-order valence-electron chi connectivity index (χ1n) is 6.12. The second kappa shape index (κ2) is 6.00. The summed E-state index contributed by atoms with van der Waals surface area (Å²) in [7, 11) is 1.61. The Morgan fingerprint density at radius 2 is 2.12 bits per heavy atom. The molecule has 1 rings (SSSR count). The van der Waals surface area contributed by atoms with E-state index in [1.807, 2.05) is 25.2 Å². The molecule has 1 aliphatic carbocycles. The third-order valence-electron chi connectivity index (χ3n) is 3.26. The van der Waals surface area contributed by atoms with Gasteiger partial charge in [0, 0.05) is 13.5 Å². The highest BCUT2D eigenvalue weighted by Crippen LogP contribution is 2.30. The fraction of sp³-hybridized carbons (Fsp3) is 0.643. The molecule has 1 atom stereocenters. The third-order valence-corrected chi connectivity index (χ3v) is 3.26. The van der Waals surface area contributed by atoms with Crippen LogP contribution in [0.2, 0.25) is 0 Å². The van der Waals surface area contributed by atoms with Crippen molar-refractivity contribution in [1.82, 2.24) is 0 Å². The predicted octanol–water partition coefficient (Wildman–Crippen LogP) is 3.43. The van der Waals surface area contributed by atoms with Crippen LogP contribution in [-0.2, 0) is 9.53 Å². The van der Waals surface area contributed by atoms with Crippen LogP contribution in [-0.4, -0.2) is 18.5 Å². The molecular weight excluding hydrogens is 200 g/mol. The smallest absolute Gasteiger partial charge is 0.172 e. The van der Waals surface area contributed by atoms with Crippen LogP contribution in [0.25, 0.3) is 0 Å². The van der Waals surface area contributed by atoms with Crippen molar-refractivity contribution < 1.29 is 9.53 Å². The minimum atomic E-state index is -0.758. The van der Waals surface area contributed by atoms with Gasteiger partial charge in [-0.1, -0.05) is 38.3 Å². The first-order chi connectivity index (χ1) is 7.67.